The first-order valence-corrected chi connectivity index (χ1v) is 8.73. The Morgan fingerprint density at radius 3 is 2.40 bits per heavy atom. The van der Waals surface area contributed by atoms with E-state index in [2.05, 4.69) is 21.2 Å². The fourth-order valence-corrected chi connectivity index (χ4v) is 2.70. The van der Waals surface area contributed by atoms with E-state index in [1.807, 2.05) is 54.6 Å². The van der Waals surface area contributed by atoms with E-state index in [1.54, 1.807) is 12.1 Å². The van der Waals surface area contributed by atoms with Gasteiger partial charge in [0.1, 0.15) is 0 Å². The first kappa shape index (κ1) is 17.5. The number of nitrogens with one attached hydrogen (secondary N) is 1. The van der Waals surface area contributed by atoms with Crippen LogP contribution in [0, 0.1) is 0 Å². The summed E-state index contributed by atoms with van der Waals surface area (Å²) in [5, 5.41) is 2.84. The van der Waals surface area contributed by atoms with Gasteiger partial charge in [0.15, 0.2) is 10.4 Å². The lowest BCUT2D eigenvalue weighted by atomic mass is 10.1. The van der Waals surface area contributed by atoms with Crippen LogP contribution in [0.25, 0.3) is 0 Å². The molecule has 3 rings (SSSR count). The van der Waals surface area contributed by atoms with Crippen LogP contribution in [0.4, 0.5) is 0 Å². The van der Waals surface area contributed by atoms with E-state index in [0.29, 0.717) is 24.4 Å². The molecule has 0 bridgehead atoms. The van der Waals surface area contributed by atoms with Crippen LogP contribution in [0.2, 0.25) is 0 Å². The Kier molecular flexibility index (Phi) is 6.04. The molecule has 128 valence electrons. The minimum absolute atomic E-state index is 0.239. The number of furan rings is 1. The highest BCUT2D eigenvalue weighted by Gasteiger charge is 2.09. The average Bonchev–Trinajstić information content (AvgIpc) is 3.07. The van der Waals surface area contributed by atoms with Crippen LogP contribution in [-0.4, -0.2) is 5.91 Å². The Bertz CT molecular complexity index is 830. The summed E-state index contributed by atoms with van der Waals surface area (Å²) in [5.41, 5.74) is 3.23. The van der Waals surface area contributed by atoms with E-state index < -0.39 is 0 Å². The summed E-state index contributed by atoms with van der Waals surface area (Å²) < 4.78 is 11.5. The molecule has 2 aromatic carbocycles. The Morgan fingerprint density at radius 1 is 0.920 bits per heavy atom. The van der Waals surface area contributed by atoms with Crippen LogP contribution < -0.4 is 5.32 Å². The summed E-state index contributed by atoms with van der Waals surface area (Å²) >= 11 is 3.19. The van der Waals surface area contributed by atoms with Gasteiger partial charge in [-0.1, -0.05) is 54.6 Å². The van der Waals surface area contributed by atoms with Crippen molar-refractivity contribution in [1.82, 2.24) is 5.32 Å². The van der Waals surface area contributed by atoms with E-state index in [1.165, 1.54) is 0 Å². The Balaban J connectivity index is 1.50. The van der Waals surface area contributed by atoms with Gasteiger partial charge in [0.25, 0.3) is 5.91 Å². The molecule has 0 aliphatic carbocycles. The van der Waals surface area contributed by atoms with Crippen molar-refractivity contribution >= 4 is 21.8 Å². The lowest BCUT2D eigenvalue weighted by molar-refractivity contribution is 0.0922. The molecule has 3 aromatic rings. The zero-order chi connectivity index (χ0) is 17.5. The zero-order valence-corrected chi connectivity index (χ0v) is 15.2. The molecule has 0 saturated heterocycles. The van der Waals surface area contributed by atoms with Gasteiger partial charge in [-0.2, -0.15) is 0 Å². The number of benzene rings is 2. The number of rotatable bonds is 7. The molecule has 0 saturated carbocycles. The van der Waals surface area contributed by atoms with Crippen molar-refractivity contribution in [2.24, 2.45) is 0 Å². The Labute approximate surface area is 154 Å². The van der Waals surface area contributed by atoms with Crippen molar-refractivity contribution in [3.63, 3.8) is 0 Å². The number of amides is 1. The minimum atomic E-state index is -0.239. The van der Waals surface area contributed by atoms with Gasteiger partial charge in [-0.25, -0.2) is 0 Å². The highest BCUT2D eigenvalue weighted by atomic mass is 79.9. The molecule has 0 atom stereocenters. The molecule has 4 nitrogen and oxygen atoms in total. The number of hydrogen-bond donors (Lipinski definition) is 1. The first-order chi connectivity index (χ1) is 12.2. The Morgan fingerprint density at radius 2 is 1.64 bits per heavy atom. The molecular formula is C20H18BrNO3. The van der Waals surface area contributed by atoms with Crippen molar-refractivity contribution in [1.29, 1.82) is 0 Å². The molecule has 25 heavy (non-hydrogen) atoms. The molecule has 5 heteroatoms. The van der Waals surface area contributed by atoms with Crippen LogP contribution >= 0.6 is 15.9 Å². The highest BCUT2D eigenvalue weighted by molar-refractivity contribution is 9.10. The number of carbonyl (C=O) groups excluding carboxylic acids is 1. The third kappa shape index (κ3) is 5.31. The molecule has 0 aliphatic rings. The van der Waals surface area contributed by atoms with Crippen molar-refractivity contribution < 1.29 is 13.9 Å². The quantitative estimate of drug-likeness (QED) is 0.626. The summed E-state index contributed by atoms with van der Waals surface area (Å²) in [5.74, 6) is 0.0469. The average molecular weight is 400 g/mol. The van der Waals surface area contributed by atoms with E-state index in [-0.39, 0.29) is 11.7 Å². The molecule has 1 aromatic heterocycles. The largest absolute Gasteiger partial charge is 0.444 e. The molecular weight excluding hydrogens is 382 g/mol. The van der Waals surface area contributed by atoms with Crippen molar-refractivity contribution in [3.05, 3.63) is 93.9 Å². The zero-order valence-electron chi connectivity index (χ0n) is 13.6. The maximum absolute atomic E-state index is 12.0. The van der Waals surface area contributed by atoms with Crippen molar-refractivity contribution in [2.45, 2.75) is 19.8 Å². The van der Waals surface area contributed by atoms with Gasteiger partial charge in [-0.15, -0.1) is 0 Å². The minimum Gasteiger partial charge on any atom is -0.444 e. The second-order valence-electron chi connectivity index (χ2n) is 5.58. The lowest BCUT2D eigenvalue weighted by Gasteiger charge is -2.08. The smallest absolute Gasteiger partial charge is 0.287 e. The summed E-state index contributed by atoms with van der Waals surface area (Å²) in [7, 11) is 0. The molecule has 0 fully saturated rings. The van der Waals surface area contributed by atoms with Crippen LogP contribution in [0.15, 0.2) is 75.8 Å². The molecule has 1 heterocycles. The van der Waals surface area contributed by atoms with Gasteiger partial charge in [0.05, 0.1) is 13.2 Å². The van der Waals surface area contributed by atoms with Gasteiger partial charge < -0.3 is 14.5 Å². The second-order valence-corrected chi connectivity index (χ2v) is 6.37. The van der Waals surface area contributed by atoms with Crippen LogP contribution in [0.5, 0.6) is 0 Å². The van der Waals surface area contributed by atoms with Gasteiger partial charge >= 0.3 is 0 Å². The molecule has 0 aliphatic heterocycles. The molecule has 0 radical (unpaired) electrons. The van der Waals surface area contributed by atoms with Crippen molar-refractivity contribution in [3.8, 4) is 0 Å². The standard InChI is InChI=1S/C20H18BrNO3/c21-19-10-9-18(25-19)20(23)22-12-16-7-4-8-17(11-16)14-24-13-15-5-2-1-3-6-15/h1-11H,12-14H2,(H,22,23). The van der Waals surface area contributed by atoms with Gasteiger partial charge in [-0.3, -0.25) is 4.79 Å². The monoisotopic (exact) mass is 399 g/mol. The fourth-order valence-electron chi connectivity index (χ4n) is 2.40. The maximum Gasteiger partial charge on any atom is 0.287 e. The number of hydrogen-bond acceptors (Lipinski definition) is 3. The predicted molar refractivity (Wildman–Crippen MR) is 99.0 cm³/mol. The number of ether oxygens (including phenoxy) is 1. The molecule has 1 N–H and O–H groups in total. The van der Waals surface area contributed by atoms with Crippen LogP contribution in [-0.2, 0) is 24.5 Å². The van der Waals surface area contributed by atoms with Crippen LogP contribution in [0.1, 0.15) is 27.2 Å². The second kappa shape index (κ2) is 8.65. The molecule has 1 amide bonds. The highest BCUT2D eigenvalue weighted by Crippen LogP contribution is 2.14. The number of carbonyl (C=O) groups is 1. The fraction of sp³-hybridized carbons (Fsp3) is 0.150. The van der Waals surface area contributed by atoms with Crippen molar-refractivity contribution in [2.75, 3.05) is 0 Å². The summed E-state index contributed by atoms with van der Waals surface area (Å²) in [6.45, 7) is 1.54. The number of halogens is 1. The van der Waals surface area contributed by atoms with Gasteiger partial charge in [0, 0.05) is 6.54 Å². The SMILES string of the molecule is O=C(NCc1cccc(COCc2ccccc2)c1)c1ccc(Br)o1. The summed E-state index contributed by atoms with van der Waals surface area (Å²) in [6.07, 6.45) is 0. The van der Waals surface area contributed by atoms with E-state index in [4.69, 9.17) is 9.15 Å². The van der Waals surface area contributed by atoms with Gasteiger partial charge in [-0.05, 0) is 44.8 Å². The van der Waals surface area contributed by atoms with Crippen LogP contribution in [0.3, 0.4) is 0 Å². The normalized spacial score (nSPS) is 10.6. The van der Waals surface area contributed by atoms with E-state index in [0.717, 1.165) is 16.7 Å². The third-order valence-corrected chi connectivity index (χ3v) is 4.05. The van der Waals surface area contributed by atoms with E-state index >= 15 is 0 Å². The lowest BCUT2D eigenvalue weighted by Crippen LogP contribution is -2.22. The third-order valence-electron chi connectivity index (χ3n) is 3.62. The van der Waals surface area contributed by atoms with E-state index in [9.17, 15) is 4.79 Å². The Hall–Kier alpha value is -2.37. The summed E-state index contributed by atoms with van der Waals surface area (Å²) in [4.78, 5) is 12.0. The van der Waals surface area contributed by atoms with Gasteiger partial charge in [0.2, 0.25) is 0 Å². The topological polar surface area (TPSA) is 51.5 Å². The molecule has 0 unspecified atom stereocenters. The molecule has 0 spiro atoms. The first-order valence-electron chi connectivity index (χ1n) is 7.94. The summed E-state index contributed by atoms with van der Waals surface area (Å²) in [6, 6.07) is 21.4. The predicted octanol–water partition coefficient (Wildman–Crippen LogP) is 4.69. The maximum atomic E-state index is 12.0.